The van der Waals surface area contributed by atoms with Gasteiger partial charge in [-0.1, -0.05) is 33.6 Å². The van der Waals surface area contributed by atoms with Crippen LogP contribution in [0.3, 0.4) is 0 Å². The van der Waals surface area contributed by atoms with Gasteiger partial charge in [0.2, 0.25) is 0 Å². The third-order valence-corrected chi connectivity index (χ3v) is 3.90. The van der Waals surface area contributed by atoms with Crippen LogP contribution in [0.5, 0.6) is 0 Å². The minimum atomic E-state index is -0.571. The lowest BCUT2D eigenvalue weighted by atomic mass is 9.96. The van der Waals surface area contributed by atoms with Crippen molar-refractivity contribution >= 4 is 39.0 Å². The Morgan fingerprint density at radius 1 is 1.48 bits per heavy atom. The van der Waals surface area contributed by atoms with Crippen LogP contribution in [0, 0.1) is 10.1 Å². The number of Topliss-reactive ketones (excluding diaryl/α,β-unsaturated/α-hetero) is 1. The topological polar surface area (TPSA) is 60.2 Å². The number of hydrogen-bond acceptors (Lipinski definition) is 3. The summed E-state index contributed by atoms with van der Waals surface area (Å²) in [5.74, 6) is -1.13. The lowest BCUT2D eigenvalue weighted by Crippen LogP contribution is -2.12. The summed E-state index contributed by atoms with van der Waals surface area (Å²) in [6.07, 6.45) is 1.87. The molecular weight excluding hydrogens is 365 g/mol. The highest BCUT2D eigenvalue weighted by Crippen LogP contribution is 2.31. The normalized spacial score (nSPS) is 14.9. The second kappa shape index (κ2) is 6.49. The van der Waals surface area contributed by atoms with Crippen LogP contribution in [-0.2, 0) is 11.2 Å². The number of benzene rings is 1. The molecule has 0 bridgehead atoms. The fourth-order valence-corrected chi connectivity index (χ4v) is 2.83. The maximum atomic E-state index is 13.8. The molecule has 0 amide bonds. The van der Waals surface area contributed by atoms with Gasteiger partial charge in [-0.15, -0.1) is 0 Å². The molecule has 0 N–H and O–H groups in total. The first-order valence-corrected chi connectivity index (χ1v) is 7.28. The Labute approximate surface area is 133 Å². The van der Waals surface area contributed by atoms with Crippen molar-refractivity contribution in [1.82, 2.24) is 0 Å². The summed E-state index contributed by atoms with van der Waals surface area (Å²) < 4.78 is 14.4. The van der Waals surface area contributed by atoms with Crippen molar-refractivity contribution in [3.05, 3.63) is 60.9 Å². The van der Waals surface area contributed by atoms with Gasteiger partial charge < -0.3 is 0 Å². The maximum absolute atomic E-state index is 13.8. The van der Waals surface area contributed by atoms with Crippen molar-refractivity contribution in [3.63, 3.8) is 0 Å². The predicted octanol–water partition coefficient (Wildman–Crippen LogP) is 4.61. The van der Waals surface area contributed by atoms with Gasteiger partial charge in [-0.2, -0.15) is 0 Å². The van der Waals surface area contributed by atoms with Gasteiger partial charge in [0, 0.05) is 28.9 Å². The van der Waals surface area contributed by atoms with E-state index in [1.54, 1.807) is 6.08 Å². The van der Waals surface area contributed by atoms with E-state index in [1.807, 2.05) is 0 Å². The van der Waals surface area contributed by atoms with Gasteiger partial charge in [0.1, 0.15) is 5.83 Å². The molecule has 7 heteroatoms. The number of nitro benzene ring substituents is 1. The van der Waals surface area contributed by atoms with Crippen molar-refractivity contribution in [2.24, 2.45) is 0 Å². The van der Waals surface area contributed by atoms with E-state index < -0.39 is 16.5 Å². The van der Waals surface area contributed by atoms with Crippen LogP contribution >= 0.6 is 27.5 Å². The fourth-order valence-electron chi connectivity index (χ4n) is 2.10. The Morgan fingerprint density at radius 2 is 2.19 bits per heavy atom. The number of hydrogen-bond donors (Lipinski definition) is 0. The first-order valence-electron chi connectivity index (χ1n) is 6.11. The molecule has 1 aromatic rings. The molecular formula is C14H10BrClFNO3. The Balaban J connectivity index is 2.34. The third-order valence-electron chi connectivity index (χ3n) is 3.07. The van der Waals surface area contributed by atoms with Crippen LogP contribution in [0.2, 0.25) is 0 Å². The van der Waals surface area contributed by atoms with Crippen molar-refractivity contribution in [3.8, 4) is 0 Å². The number of rotatable bonds is 4. The van der Waals surface area contributed by atoms with Gasteiger partial charge in [0.25, 0.3) is 5.69 Å². The van der Waals surface area contributed by atoms with Crippen molar-refractivity contribution < 1.29 is 14.1 Å². The highest BCUT2D eigenvalue weighted by atomic mass is 79.9. The van der Waals surface area contributed by atoms with E-state index in [1.165, 1.54) is 18.2 Å². The second-order valence-electron chi connectivity index (χ2n) is 4.50. The standard InChI is InChI=1S/C14H10BrClFNO3/c15-9-4-5-12(18(20)21)8(6-9)7-13(19)14-10(16)2-1-3-11(14)17/h2,4-6H,1,3,7H2. The average Bonchev–Trinajstić information content (AvgIpc) is 2.38. The van der Waals surface area contributed by atoms with Gasteiger partial charge in [-0.05, 0) is 18.6 Å². The Bertz CT molecular complexity index is 685. The highest BCUT2D eigenvalue weighted by Gasteiger charge is 2.24. The summed E-state index contributed by atoms with van der Waals surface area (Å²) in [5, 5.41) is 11.0. The van der Waals surface area contributed by atoms with Crippen molar-refractivity contribution in [2.45, 2.75) is 19.3 Å². The zero-order chi connectivity index (χ0) is 15.6. The molecule has 1 aromatic carbocycles. The van der Waals surface area contributed by atoms with Crippen LogP contribution in [0.15, 0.2) is 45.2 Å². The molecule has 0 radical (unpaired) electrons. The second-order valence-corrected chi connectivity index (χ2v) is 5.82. The SMILES string of the molecule is O=C(Cc1cc(Br)ccc1[N+](=O)[O-])C1=C(F)CCC=C1Cl. The quantitative estimate of drug-likeness (QED) is 0.571. The molecule has 110 valence electrons. The zero-order valence-electron chi connectivity index (χ0n) is 10.7. The smallest absolute Gasteiger partial charge is 0.273 e. The molecule has 0 aromatic heterocycles. The third kappa shape index (κ3) is 3.57. The van der Waals surface area contributed by atoms with Crippen LogP contribution < -0.4 is 0 Å². The molecule has 2 rings (SSSR count). The number of nitro groups is 1. The van der Waals surface area contributed by atoms with Crippen molar-refractivity contribution in [2.75, 3.05) is 0 Å². The lowest BCUT2D eigenvalue weighted by molar-refractivity contribution is -0.385. The molecule has 0 aliphatic heterocycles. The maximum Gasteiger partial charge on any atom is 0.273 e. The molecule has 0 saturated heterocycles. The number of carbonyl (C=O) groups excluding carboxylic acids is 1. The Hall–Kier alpha value is -1.53. The number of ketones is 1. The molecule has 0 atom stereocenters. The van der Waals surface area contributed by atoms with Crippen LogP contribution in [0.1, 0.15) is 18.4 Å². The zero-order valence-corrected chi connectivity index (χ0v) is 13.1. The number of allylic oxidation sites excluding steroid dienone is 4. The summed E-state index contributed by atoms with van der Waals surface area (Å²) in [4.78, 5) is 22.6. The molecule has 0 heterocycles. The Morgan fingerprint density at radius 3 is 2.81 bits per heavy atom. The summed E-state index contributed by atoms with van der Waals surface area (Å²) in [6.45, 7) is 0. The molecule has 0 unspecified atom stereocenters. The van der Waals surface area contributed by atoms with Crippen LogP contribution in [0.4, 0.5) is 10.1 Å². The highest BCUT2D eigenvalue weighted by molar-refractivity contribution is 9.10. The van der Waals surface area contributed by atoms with E-state index in [0.29, 0.717) is 10.9 Å². The largest absolute Gasteiger partial charge is 0.294 e. The van der Waals surface area contributed by atoms with E-state index in [9.17, 15) is 19.3 Å². The van der Waals surface area contributed by atoms with E-state index in [2.05, 4.69) is 15.9 Å². The molecule has 1 aliphatic carbocycles. The minimum absolute atomic E-state index is 0.0707. The summed E-state index contributed by atoms with van der Waals surface area (Å²) in [7, 11) is 0. The Kier molecular flexibility index (Phi) is 4.90. The fraction of sp³-hybridized carbons (Fsp3) is 0.214. The molecule has 4 nitrogen and oxygen atoms in total. The molecule has 21 heavy (non-hydrogen) atoms. The van der Waals surface area contributed by atoms with E-state index in [-0.39, 0.29) is 34.7 Å². The predicted molar refractivity (Wildman–Crippen MR) is 80.8 cm³/mol. The monoisotopic (exact) mass is 373 g/mol. The molecule has 0 spiro atoms. The van der Waals surface area contributed by atoms with Gasteiger partial charge in [0.15, 0.2) is 5.78 Å². The summed E-state index contributed by atoms with van der Waals surface area (Å²) in [5.41, 5.74) is -0.129. The van der Waals surface area contributed by atoms with Gasteiger partial charge >= 0.3 is 0 Å². The lowest BCUT2D eigenvalue weighted by Gasteiger charge is -2.12. The molecule has 0 saturated carbocycles. The summed E-state index contributed by atoms with van der Waals surface area (Å²) >= 11 is 9.07. The van der Waals surface area contributed by atoms with Crippen LogP contribution in [-0.4, -0.2) is 10.7 Å². The van der Waals surface area contributed by atoms with Gasteiger partial charge in [-0.3, -0.25) is 14.9 Å². The first kappa shape index (κ1) is 15.9. The van der Waals surface area contributed by atoms with E-state index in [4.69, 9.17) is 11.6 Å². The summed E-state index contributed by atoms with van der Waals surface area (Å²) in [6, 6.07) is 4.30. The number of carbonyl (C=O) groups is 1. The van der Waals surface area contributed by atoms with Crippen molar-refractivity contribution in [1.29, 1.82) is 0 Å². The average molecular weight is 375 g/mol. The molecule has 0 fully saturated rings. The van der Waals surface area contributed by atoms with E-state index in [0.717, 1.165) is 0 Å². The van der Waals surface area contributed by atoms with Gasteiger partial charge in [-0.25, -0.2) is 4.39 Å². The number of halogens is 3. The number of nitrogens with zero attached hydrogens (tertiary/aromatic N) is 1. The minimum Gasteiger partial charge on any atom is -0.294 e. The first-order chi connectivity index (χ1) is 9.90. The van der Waals surface area contributed by atoms with E-state index >= 15 is 0 Å². The van der Waals surface area contributed by atoms with Crippen LogP contribution in [0.25, 0.3) is 0 Å². The molecule has 1 aliphatic rings. The van der Waals surface area contributed by atoms with Gasteiger partial charge in [0.05, 0.1) is 15.5 Å².